The molecule has 2 unspecified atom stereocenters. The van der Waals surface area contributed by atoms with E-state index in [0.29, 0.717) is 6.04 Å². The van der Waals surface area contributed by atoms with Crippen LogP contribution < -0.4 is 11.1 Å². The van der Waals surface area contributed by atoms with Crippen LogP contribution in [0.2, 0.25) is 0 Å². The summed E-state index contributed by atoms with van der Waals surface area (Å²) in [6, 6.07) is 0.617. The van der Waals surface area contributed by atoms with Gasteiger partial charge in [0.25, 0.3) is 0 Å². The molecule has 2 aliphatic carbocycles. The predicted molar refractivity (Wildman–Crippen MR) is 64.9 cm³/mol. The third kappa shape index (κ3) is 2.40. The van der Waals surface area contributed by atoms with Gasteiger partial charge in [-0.25, -0.2) is 0 Å². The molecule has 3 nitrogen and oxygen atoms in total. The van der Waals surface area contributed by atoms with E-state index >= 15 is 0 Å². The second kappa shape index (κ2) is 4.74. The number of amides is 1. The summed E-state index contributed by atoms with van der Waals surface area (Å²) in [4.78, 5) is 11.6. The molecule has 3 heteroatoms. The first kappa shape index (κ1) is 11.9. The van der Waals surface area contributed by atoms with E-state index in [1.54, 1.807) is 0 Å². The lowest BCUT2D eigenvalue weighted by molar-refractivity contribution is -0.127. The molecule has 2 saturated carbocycles. The second-order valence-electron chi connectivity index (χ2n) is 5.85. The van der Waals surface area contributed by atoms with Crippen molar-refractivity contribution in [3.63, 3.8) is 0 Å². The van der Waals surface area contributed by atoms with Gasteiger partial charge in [0.05, 0.1) is 5.41 Å². The molecule has 0 saturated heterocycles. The summed E-state index contributed by atoms with van der Waals surface area (Å²) in [5.74, 6) is 0.745. The summed E-state index contributed by atoms with van der Waals surface area (Å²) in [5.41, 5.74) is 5.34. The van der Waals surface area contributed by atoms with Crippen LogP contribution in [0.3, 0.4) is 0 Å². The Morgan fingerprint density at radius 2 is 2.06 bits per heavy atom. The van der Waals surface area contributed by atoms with E-state index < -0.39 is 0 Å². The maximum absolute atomic E-state index is 11.6. The van der Waals surface area contributed by atoms with E-state index in [1.807, 2.05) is 0 Å². The van der Waals surface area contributed by atoms with E-state index in [9.17, 15) is 4.79 Å². The summed E-state index contributed by atoms with van der Waals surface area (Å²) >= 11 is 0. The number of nitrogens with one attached hydrogen (secondary N) is 1. The minimum absolute atomic E-state index is 0.0939. The van der Waals surface area contributed by atoms with Crippen molar-refractivity contribution in [3.05, 3.63) is 0 Å². The van der Waals surface area contributed by atoms with Crippen LogP contribution in [0.5, 0.6) is 0 Å². The number of nitrogens with two attached hydrogens (primary N) is 1. The highest BCUT2D eigenvalue weighted by molar-refractivity contribution is 5.81. The molecule has 0 heterocycles. The summed E-state index contributed by atoms with van der Waals surface area (Å²) in [6.45, 7) is 3.11. The van der Waals surface area contributed by atoms with Gasteiger partial charge in [-0.15, -0.1) is 0 Å². The fourth-order valence-corrected chi connectivity index (χ4v) is 3.29. The first-order valence-electron chi connectivity index (χ1n) is 6.66. The minimum Gasteiger partial charge on any atom is -0.369 e. The fourth-order valence-electron chi connectivity index (χ4n) is 3.29. The van der Waals surface area contributed by atoms with E-state index in [-0.39, 0.29) is 11.3 Å². The lowest BCUT2D eigenvalue weighted by atomic mass is 9.85. The Kier molecular flexibility index (Phi) is 3.53. The average Bonchev–Trinajstić information content (AvgIpc) is 2.84. The molecule has 0 aromatic rings. The van der Waals surface area contributed by atoms with Crippen molar-refractivity contribution in [2.24, 2.45) is 17.1 Å². The lowest BCUT2D eigenvalue weighted by Crippen LogP contribution is -2.45. The largest absolute Gasteiger partial charge is 0.369 e. The van der Waals surface area contributed by atoms with Crippen LogP contribution in [0.1, 0.15) is 51.9 Å². The van der Waals surface area contributed by atoms with E-state index in [0.717, 1.165) is 38.1 Å². The fraction of sp³-hybridized carbons (Fsp3) is 0.923. The Hall–Kier alpha value is -0.570. The number of rotatable bonds is 4. The molecule has 0 spiro atoms. The SMILES string of the molecule is CC1CCC(NCC2(C(N)=O)CCCC2)C1. The van der Waals surface area contributed by atoms with Crippen molar-refractivity contribution >= 4 is 5.91 Å². The standard InChI is InChI=1S/C13H24N2O/c1-10-4-5-11(8-10)15-9-13(12(14)16)6-2-3-7-13/h10-11,15H,2-9H2,1H3,(H2,14,16). The highest BCUT2D eigenvalue weighted by Crippen LogP contribution is 2.37. The predicted octanol–water partition coefficient (Wildman–Crippen LogP) is 1.81. The van der Waals surface area contributed by atoms with E-state index in [1.165, 1.54) is 19.3 Å². The molecular formula is C13H24N2O. The zero-order chi connectivity index (χ0) is 11.6. The summed E-state index contributed by atoms with van der Waals surface area (Å²) in [7, 11) is 0. The molecule has 2 rings (SSSR count). The van der Waals surface area contributed by atoms with Gasteiger partial charge in [-0.3, -0.25) is 4.79 Å². The molecule has 0 aromatic heterocycles. The summed E-state index contributed by atoms with van der Waals surface area (Å²) in [5, 5.41) is 3.58. The normalized spacial score (nSPS) is 33.1. The maximum atomic E-state index is 11.6. The molecule has 16 heavy (non-hydrogen) atoms. The van der Waals surface area contributed by atoms with Crippen LogP contribution in [0.15, 0.2) is 0 Å². The Morgan fingerprint density at radius 1 is 1.38 bits per heavy atom. The molecule has 1 amide bonds. The van der Waals surface area contributed by atoms with Crippen molar-refractivity contribution in [1.82, 2.24) is 5.32 Å². The molecule has 2 aliphatic rings. The van der Waals surface area contributed by atoms with Crippen molar-refractivity contribution in [2.45, 2.75) is 57.9 Å². The van der Waals surface area contributed by atoms with Crippen LogP contribution >= 0.6 is 0 Å². The molecule has 0 bridgehead atoms. The first-order chi connectivity index (χ1) is 7.62. The lowest BCUT2D eigenvalue weighted by Gasteiger charge is -2.27. The molecule has 3 N–H and O–H groups in total. The molecule has 2 atom stereocenters. The average molecular weight is 224 g/mol. The molecular weight excluding hydrogens is 200 g/mol. The van der Waals surface area contributed by atoms with Crippen molar-refractivity contribution in [2.75, 3.05) is 6.54 Å². The monoisotopic (exact) mass is 224 g/mol. The van der Waals surface area contributed by atoms with Crippen LogP contribution in [0.4, 0.5) is 0 Å². The molecule has 0 radical (unpaired) electrons. The van der Waals surface area contributed by atoms with Gasteiger partial charge in [0.15, 0.2) is 0 Å². The van der Waals surface area contributed by atoms with Crippen molar-refractivity contribution < 1.29 is 4.79 Å². The Labute approximate surface area is 98.2 Å². The number of primary amides is 1. The van der Waals surface area contributed by atoms with Gasteiger partial charge in [-0.1, -0.05) is 19.8 Å². The summed E-state index contributed by atoms with van der Waals surface area (Å²) < 4.78 is 0. The van der Waals surface area contributed by atoms with Gasteiger partial charge in [0.2, 0.25) is 5.91 Å². The zero-order valence-electron chi connectivity index (χ0n) is 10.3. The smallest absolute Gasteiger partial charge is 0.224 e. The number of hydrogen-bond acceptors (Lipinski definition) is 2. The first-order valence-corrected chi connectivity index (χ1v) is 6.66. The van der Waals surface area contributed by atoms with E-state index in [4.69, 9.17) is 5.73 Å². The van der Waals surface area contributed by atoms with E-state index in [2.05, 4.69) is 12.2 Å². The maximum Gasteiger partial charge on any atom is 0.224 e. The van der Waals surface area contributed by atoms with Gasteiger partial charge < -0.3 is 11.1 Å². The number of carbonyl (C=O) groups is 1. The molecule has 0 aromatic carbocycles. The Balaban J connectivity index is 1.85. The third-order valence-corrected chi connectivity index (χ3v) is 4.51. The van der Waals surface area contributed by atoms with Gasteiger partial charge in [-0.05, 0) is 38.0 Å². The van der Waals surface area contributed by atoms with Gasteiger partial charge in [-0.2, -0.15) is 0 Å². The quantitative estimate of drug-likeness (QED) is 0.765. The zero-order valence-corrected chi connectivity index (χ0v) is 10.3. The summed E-state index contributed by atoms with van der Waals surface area (Å²) in [6.07, 6.45) is 8.12. The topological polar surface area (TPSA) is 55.1 Å². The Morgan fingerprint density at radius 3 is 2.56 bits per heavy atom. The van der Waals surface area contributed by atoms with Crippen LogP contribution in [0.25, 0.3) is 0 Å². The Bertz CT molecular complexity index is 259. The molecule has 2 fully saturated rings. The van der Waals surface area contributed by atoms with Crippen molar-refractivity contribution in [3.8, 4) is 0 Å². The van der Waals surface area contributed by atoms with Crippen LogP contribution in [-0.2, 0) is 4.79 Å². The van der Waals surface area contributed by atoms with Crippen LogP contribution in [0, 0.1) is 11.3 Å². The third-order valence-electron chi connectivity index (χ3n) is 4.51. The van der Waals surface area contributed by atoms with Gasteiger partial charge in [0, 0.05) is 12.6 Å². The van der Waals surface area contributed by atoms with Gasteiger partial charge in [0.1, 0.15) is 0 Å². The van der Waals surface area contributed by atoms with Crippen molar-refractivity contribution in [1.29, 1.82) is 0 Å². The molecule has 92 valence electrons. The second-order valence-corrected chi connectivity index (χ2v) is 5.85. The molecule has 0 aliphatic heterocycles. The van der Waals surface area contributed by atoms with Crippen LogP contribution in [-0.4, -0.2) is 18.5 Å². The number of hydrogen-bond donors (Lipinski definition) is 2. The highest BCUT2D eigenvalue weighted by atomic mass is 16.1. The highest BCUT2D eigenvalue weighted by Gasteiger charge is 2.39. The minimum atomic E-state index is -0.230. The number of carbonyl (C=O) groups excluding carboxylic acids is 1. The van der Waals surface area contributed by atoms with Gasteiger partial charge >= 0.3 is 0 Å².